The highest BCUT2D eigenvalue weighted by molar-refractivity contribution is 5.92. The molecule has 1 heterocycles. The zero-order valence-corrected chi connectivity index (χ0v) is 18.6. The van der Waals surface area contributed by atoms with Crippen LogP contribution in [0.15, 0.2) is 24.3 Å². The molecule has 2 amide bonds. The molecule has 1 aliphatic carbocycles. The third-order valence-electron chi connectivity index (χ3n) is 6.28. The van der Waals surface area contributed by atoms with Crippen LogP contribution >= 0.6 is 0 Å². The Bertz CT molecular complexity index is 801. The van der Waals surface area contributed by atoms with E-state index in [4.69, 9.17) is 4.74 Å². The molecule has 1 aliphatic heterocycles. The molecule has 2 fully saturated rings. The topological polar surface area (TPSA) is 59.1 Å². The van der Waals surface area contributed by atoms with Gasteiger partial charge in [-0.2, -0.15) is 8.78 Å². The van der Waals surface area contributed by atoms with Crippen molar-refractivity contribution in [2.45, 2.75) is 51.6 Å². The number of amides is 2. The van der Waals surface area contributed by atoms with Crippen molar-refractivity contribution in [3.8, 4) is 11.5 Å². The average molecular weight is 451 g/mol. The van der Waals surface area contributed by atoms with Crippen LogP contribution in [0.3, 0.4) is 0 Å². The van der Waals surface area contributed by atoms with Crippen LogP contribution in [0.4, 0.5) is 8.78 Å². The van der Waals surface area contributed by atoms with Crippen LogP contribution in [-0.2, 0) is 9.59 Å². The van der Waals surface area contributed by atoms with Crippen LogP contribution in [-0.4, -0.2) is 61.5 Å². The molecule has 1 aromatic carbocycles. The molecule has 8 heteroatoms. The molecule has 1 aromatic rings. The minimum atomic E-state index is -3.00. The van der Waals surface area contributed by atoms with E-state index in [1.54, 1.807) is 17.0 Å². The number of piperazine rings is 1. The van der Waals surface area contributed by atoms with Gasteiger partial charge in [-0.1, -0.05) is 44.2 Å². The van der Waals surface area contributed by atoms with Crippen molar-refractivity contribution in [3.05, 3.63) is 29.8 Å². The highest BCUT2D eigenvalue weighted by atomic mass is 19.3. The van der Waals surface area contributed by atoms with Crippen molar-refractivity contribution in [3.63, 3.8) is 0 Å². The SMILES string of the molecule is COc1cccc(/C=C/C(=O)N2CCN(C(=O)CCC3CCCCC3)CC2)c1OC(F)F. The van der Waals surface area contributed by atoms with E-state index in [2.05, 4.69) is 4.74 Å². The number of carbonyl (C=O) groups is 2. The van der Waals surface area contributed by atoms with Crippen molar-refractivity contribution >= 4 is 17.9 Å². The number of para-hydroxylation sites is 1. The van der Waals surface area contributed by atoms with Gasteiger partial charge in [-0.3, -0.25) is 9.59 Å². The Morgan fingerprint density at radius 2 is 1.78 bits per heavy atom. The smallest absolute Gasteiger partial charge is 0.387 e. The van der Waals surface area contributed by atoms with E-state index in [0.717, 1.165) is 6.42 Å². The Labute approximate surface area is 188 Å². The number of rotatable bonds is 8. The first-order valence-electron chi connectivity index (χ1n) is 11.3. The van der Waals surface area contributed by atoms with Gasteiger partial charge < -0.3 is 19.3 Å². The van der Waals surface area contributed by atoms with Crippen LogP contribution in [0, 0.1) is 5.92 Å². The summed E-state index contributed by atoms with van der Waals surface area (Å²) in [6.07, 6.45) is 10.7. The van der Waals surface area contributed by atoms with Gasteiger partial charge >= 0.3 is 6.61 Å². The molecule has 6 nitrogen and oxygen atoms in total. The Hall–Kier alpha value is -2.64. The van der Waals surface area contributed by atoms with E-state index < -0.39 is 6.61 Å². The third-order valence-corrected chi connectivity index (χ3v) is 6.28. The molecule has 0 unspecified atom stereocenters. The highest BCUT2D eigenvalue weighted by Gasteiger charge is 2.24. The molecule has 0 N–H and O–H groups in total. The Balaban J connectivity index is 1.50. The number of hydrogen-bond acceptors (Lipinski definition) is 4. The van der Waals surface area contributed by atoms with Gasteiger partial charge in [0.15, 0.2) is 11.5 Å². The summed E-state index contributed by atoms with van der Waals surface area (Å²) < 4.78 is 35.2. The van der Waals surface area contributed by atoms with E-state index in [1.165, 1.54) is 57.4 Å². The van der Waals surface area contributed by atoms with Crippen molar-refractivity contribution < 1.29 is 27.8 Å². The molecule has 1 saturated heterocycles. The number of alkyl halides is 2. The molecule has 0 aromatic heterocycles. The normalized spacial score (nSPS) is 17.8. The molecule has 1 saturated carbocycles. The minimum Gasteiger partial charge on any atom is -0.493 e. The number of ether oxygens (including phenoxy) is 2. The lowest BCUT2D eigenvalue weighted by molar-refractivity contribution is -0.137. The maximum absolute atomic E-state index is 12.8. The van der Waals surface area contributed by atoms with Gasteiger partial charge in [0.2, 0.25) is 11.8 Å². The highest BCUT2D eigenvalue weighted by Crippen LogP contribution is 2.33. The molecule has 3 rings (SSSR count). The Morgan fingerprint density at radius 1 is 1.09 bits per heavy atom. The second-order valence-corrected chi connectivity index (χ2v) is 8.34. The standard InChI is InChI=1S/C24H32F2N2O4/c1-31-20-9-5-8-19(23(20)32-24(25)26)11-13-22(30)28-16-14-27(15-17-28)21(29)12-10-18-6-3-2-4-7-18/h5,8-9,11,13,18,24H,2-4,6-7,10,12,14-17H2,1H3/b13-11+. The monoisotopic (exact) mass is 450 g/mol. The molecular weight excluding hydrogens is 418 g/mol. The van der Waals surface area contributed by atoms with Gasteiger partial charge in [-0.05, 0) is 24.5 Å². The number of hydrogen-bond donors (Lipinski definition) is 0. The largest absolute Gasteiger partial charge is 0.493 e. The first-order chi connectivity index (χ1) is 15.5. The predicted molar refractivity (Wildman–Crippen MR) is 118 cm³/mol. The fourth-order valence-corrected chi connectivity index (χ4v) is 4.44. The molecular formula is C24H32F2N2O4. The van der Waals surface area contributed by atoms with E-state index in [1.807, 2.05) is 4.90 Å². The fraction of sp³-hybridized carbons (Fsp3) is 0.583. The first kappa shape index (κ1) is 24.0. The molecule has 0 spiro atoms. The number of benzene rings is 1. The summed E-state index contributed by atoms with van der Waals surface area (Å²) in [5.41, 5.74) is 0.328. The molecule has 2 aliphatic rings. The number of halogens is 2. The second-order valence-electron chi connectivity index (χ2n) is 8.34. The first-order valence-corrected chi connectivity index (χ1v) is 11.3. The lowest BCUT2D eigenvalue weighted by Crippen LogP contribution is -2.50. The molecule has 0 radical (unpaired) electrons. The number of carbonyl (C=O) groups excluding carboxylic acids is 2. The number of methoxy groups -OCH3 is 1. The van der Waals surface area contributed by atoms with Crippen molar-refractivity contribution in [1.29, 1.82) is 0 Å². The Morgan fingerprint density at radius 3 is 2.44 bits per heavy atom. The third kappa shape index (κ3) is 6.68. The van der Waals surface area contributed by atoms with Crippen molar-refractivity contribution in [2.75, 3.05) is 33.3 Å². The molecule has 0 bridgehead atoms. The number of nitrogens with zero attached hydrogens (tertiary/aromatic N) is 2. The fourth-order valence-electron chi connectivity index (χ4n) is 4.44. The predicted octanol–water partition coefficient (Wildman–Crippen LogP) is 4.34. The van der Waals surface area contributed by atoms with Gasteiger partial charge in [0.05, 0.1) is 7.11 Å². The quantitative estimate of drug-likeness (QED) is 0.553. The summed E-state index contributed by atoms with van der Waals surface area (Å²) in [6, 6.07) is 4.73. The lowest BCUT2D eigenvalue weighted by atomic mass is 9.86. The van der Waals surface area contributed by atoms with Crippen LogP contribution in [0.5, 0.6) is 11.5 Å². The maximum atomic E-state index is 12.8. The van der Waals surface area contributed by atoms with E-state index in [-0.39, 0.29) is 23.3 Å². The van der Waals surface area contributed by atoms with Crippen LogP contribution in [0.25, 0.3) is 6.08 Å². The van der Waals surface area contributed by atoms with E-state index in [0.29, 0.717) is 44.1 Å². The van der Waals surface area contributed by atoms with E-state index in [9.17, 15) is 18.4 Å². The van der Waals surface area contributed by atoms with Gasteiger partial charge in [0, 0.05) is 44.2 Å². The van der Waals surface area contributed by atoms with Crippen LogP contribution in [0.2, 0.25) is 0 Å². The van der Waals surface area contributed by atoms with Gasteiger partial charge in [-0.15, -0.1) is 0 Å². The second kappa shape index (κ2) is 11.8. The van der Waals surface area contributed by atoms with Gasteiger partial charge in [-0.25, -0.2) is 0 Å². The van der Waals surface area contributed by atoms with Crippen molar-refractivity contribution in [2.24, 2.45) is 5.92 Å². The van der Waals surface area contributed by atoms with Crippen molar-refractivity contribution in [1.82, 2.24) is 9.80 Å². The molecule has 176 valence electrons. The summed E-state index contributed by atoms with van der Waals surface area (Å²) in [6.45, 7) is -1.06. The van der Waals surface area contributed by atoms with Gasteiger partial charge in [0.25, 0.3) is 0 Å². The average Bonchev–Trinajstić information content (AvgIpc) is 2.82. The summed E-state index contributed by atoms with van der Waals surface area (Å²) in [7, 11) is 1.36. The Kier molecular flexibility index (Phi) is 8.88. The minimum absolute atomic E-state index is 0.109. The molecule has 32 heavy (non-hydrogen) atoms. The summed E-state index contributed by atoms with van der Waals surface area (Å²) in [5.74, 6) is 0.674. The van der Waals surface area contributed by atoms with E-state index >= 15 is 0 Å². The lowest BCUT2D eigenvalue weighted by Gasteiger charge is -2.34. The van der Waals surface area contributed by atoms with Crippen LogP contribution in [0.1, 0.15) is 50.5 Å². The summed E-state index contributed by atoms with van der Waals surface area (Å²) in [5, 5.41) is 0. The van der Waals surface area contributed by atoms with Crippen LogP contribution < -0.4 is 9.47 Å². The zero-order valence-electron chi connectivity index (χ0n) is 18.6. The molecule has 0 atom stereocenters. The zero-order chi connectivity index (χ0) is 22.9. The van der Waals surface area contributed by atoms with Gasteiger partial charge in [0.1, 0.15) is 0 Å². The summed E-state index contributed by atoms with van der Waals surface area (Å²) >= 11 is 0. The maximum Gasteiger partial charge on any atom is 0.387 e. The summed E-state index contributed by atoms with van der Waals surface area (Å²) in [4.78, 5) is 28.6.